The molecule has 3 aromatic carbocycles. The molecular formula is C17H10N. The summed E-state index contributed by atoms with van der Waals surface area (Å²) in [5.41, 5.74) is 2.07. The molecule has 0 saturated heterocycles. The Morgan fingerprint density at radius 3 is 2.61 bits per heavy atom. The van der Waals surface area contributed by atoms with Crippen LogP contribution in [0.1, 0.15) is 0 Å². The quantitative estimate of drug-likeness (QED) is 0.322. The third kappa shape index (κ3) is 1.31. The normalized spacial score (nSPS) is 11.3. The Morgan fingerprint density at radius 1 is 0.778 bits per heavy atom. The van der Waals surface area contributed by atoms with Crippen LogP contribution in [0.2, 0.25) is 0 Å². The number of pyridine rings is 1. The lowest BCUT2D eigenvalue weighted by Gasteiger charge is -2.04. The lowest BCUT2D eigenvalue weighted by Crippen LogP contribution is -1.84. The minimum Gasteiger partial charge on any atom is -0.247 e. The van der Waals surface area contributed by atoms with Crippen LogP contribution in [-0.2, 0) is 0 Å². The summed E-state index contributed by atoms with van der Waals surface area (Å²) in [6.45, 7) is 0. The highest BCUT2D eigenvalue weighted by molar-refractivity contribution is 6.07. The van der Waals surface area contributed by atoms with Crippen LogP contribution in [0.4, 0.5) is 0 Å². The average molecular weight is 228 g/mol. The van der Waals surface area contributed by atoms with Crippen LogP contribution < -0.4 is 0 Å². The second-order valence-electron chi connectivity index (χ2n) is 4.45. The van der Waals surface area contributed by atoms with Crippen molar-refractivity contribution in [1.82, 2.24) is 4.98 Å². The lowest BCUT2D eigenvalue weighted by molar-refractivity contribution is 1.51. The van der Waals surface area contributed by atoms with E-state index in [-0.39, 0.29) is 0 Å². The van der Waals surface area contributed by atoms with Gasteiger partial charge in [-0.3, -0.25) is 0 Å². The second kappa shape index (κ2) is 3.54. The number of benzene rings is 3. The average Bonchev–Trinajstić information content (AvgIpc) is 2.45. The van der Waals surface area contributed by atoms with Gasteiger partial charge in [0.05, 0.1) is 11.0 Å². The van der Waals surface area contributed by atoms with Crippen molar-refractivity contribution in [1.29, 1.82) is 0 Å². The fourth-order valence-corrected chi connectivity index (χ4v) is 2.43. The van der Waals surface area contributed by atoms with E-state index in [0.717, 1.165) is 16.4 Å². The van der Waals surface area contributed by atoms with E-state index in [1.807, 2.05) is 24.3 Å². The van der Waals surface area contributed by atoms with E-state index in [4.69, 9.17) is 4.98 Å². The van der Waals surface area contributed by atoms with Gasteiger partial charge in [-0.2, -0.15) is 0 Å². The maximum absolute atomic E-state index is 4.77. The van der Waals surface area contributed by atoms with Gasteiger partial charge in [-0.25, -0.2) is 4.98 Å². The van der Waals surface area contributed by atoms with Gasteiger partial charge in [0, 0.05) is 16.2 Å². The Kier molecular flexibility index (Phi) is 1.89. The predicted molar refractivity (Wildman–Crippen MR) is 75.6 cm³/mol. The van der Waals surface area contributed by atoms with Gasteiger partial charge in [-0.1, -0.05) is 48.5 Å². The molecule has 1 heterocycles. The summed E-state index contributed by atoms with van der Waals surface area (Å²) in [6.07, 6.45) is 0. The van der Waals surface area contributed by atoms with Crippen molar-refractivity contribution < 1.29 is 0 Å². The van der Waals surface area contributed by atoms with E-state index in [9.17, 15) is 0 Å². The van der Waals surface area contributed by atoms with Gasteiger partial charge in [0.25, 0.3) is 0 Å². The van der Waals surface area contributed by atoms with Gasteiger partial charge in [-0.15, -0.1) is 0 Å². The molecule has 1 aromatic heterocycles. The molecule has 0 amide bonds. The first kappa shape index (κ1) is 9.60. The van der Waals surface area contributed by atoms with E-state index in [1.165, 1.54) is 16.2 Å². The molecule has 0 aliphatic carbocycles. The van der Waals surface area contributed by atoms with Gasteiger partial charge in [-0.05, 0) is 23.6 Å². The minimum absolute atomic E-state index is 1.03. The molecule has 0 unspecified atom stereocenters. The highest BCUT2D eigenvalue weighted by Crippen LogP contribution is 2.26. The fourth-order valence-electron chi connectivity index (χ4n) is 2.43. The zero-order valence-corrected chi connectivity index (χ0v) is 9.72. The summed E-state index contributed by atoms with van der Waals surface area (Å²) in [6, 6.07) is 24.0. The van der Waals surface area contributed by atoms with E-state index < -0.39 is 0 Å². The number of nitrogens with zero attached hydrogens (tertiary/aromatic N) is 1. The van der Waals surface area contributed by atoms with Crippen molar-refractivity contribution >= 4 is 32.6 Å². The summed E-state index contributed by atoms with van der Waals surface area (Å²) >= 11 is 0. The van der Waals surface area contributed by atoms with E-state index >= 15 is 0 Å². The van der Waals surface area contributed by atoms with Crippen LogP contribution in [-0.4, -0.2) is 4.98 Å². The molecule has 18 heavy (non-hydrogen) atoms. The van der Waals surface area contributed by atoms with Crippen LogP contribution in [0, 0.1) is 6.07 Å². The Labute approximate surface area is 105 Å². The summed E-state index contributed by atoms with van der Waals surface area (Å²) < 4.78 is 0. The van der Waals surface area contributed by atoms with Crippen LogP contribution in [0.5, 0.6) is 0 Å². The van der Waals surface area contributed by atoms with Gasteiger partial charge in [0.1, 0.15) is 0 Å². The minimum atomic E-state index is 1.03. The molecule has 0 atom stereocenters. The van der Waals surface area contributed by atoms with Crippen LogP contribution in [0.15, 0.2) is 60.7 Å². The third-order valence-corrected chi connectivity index (χ3v) is 3.32. The number of hydrogen-bond acceptors (Lipinski definition) is 1. The standard InChI is InChI=1S/C17H10N/c1-3-7-15-12(5-1)9-10-14-11-13-6-2-4-8-16(13)18-17(14)15/h1-6,8-11H. The monoisotopic (exact) mass is 228 g/mol. The van der Waals surface area contributed by atoms with Crippen LogP contribution in [0.25, 0.3) is 32.6 Å². The number of aromatic nitrogens is 1. The van der Waals surface area contributed by atoms with Gasteiger partial charge < -0.3 is 0 Å². The largest absolute Gasteiger partial charge is 0.247 e. The summed E-state index contributed by atoms with van der Waals surface area (Å²) in [5, 5.41) is 4.64. The molecule has 0 spiro atoms. The molecule has 0 N–H and O–H groups in total. The number of hydrogen-bond donors (Lipinski definition) is 0. The predicted octanol–water partition coefficient (Wildman–Crippen LogP) is 4.34. The third-order valence-electron chi connectivity index (χ3n) is 3.32. The summed E-state index contributed by atoms with van der Waals surface area (Å²) in [4.78, 5) is 4.77. The first-order valence-electron chi connectivity index (χ1n) is 6.01. The maximum Gasteiger partial charge on any atom is 0.0794 e. The molecule has 0 saturated carbocycles. The van der Waals surface area contributed by atoms with Crippen molar-refractivity contribution in [3.8, 4) is 0 Å². The molecule has 83 valence electrons. The molecule has 1 heteroatoms. The van der Waals surface area contributed by atoms with Gasteiger partial charge >= 0.3 is 0 Å². The molecule has 0 aliphatic heterocycles. The Bertz CT molecular complexity index is 872. The lowest BCUT2D eigenvalue weighted by atomic mass is 10.0. The second-order valence-corrected chi connectivity index (χ2v) is 4.45. The van der Waals surface area contributed by atoms with Crippen LogP contribution in [0.3, 0.4) is 0 Å². The topological polar surface area (TPSA) is 12.9 Å². The first-order chi connectivity index (χ1) is 8.92. The first-order valence-corrected chi connectivity index (χ1v) is 6.01. The summed E-state index contributed by atoms with van der Waals surface area (Å²) in [7, 11) is 0. The molecule has 0 aliphatic rings. The Morgan fingerprint density at radius 2 is 1.61 bits per heavy atom. The van der Waals surface area contributed by atoms with Crippen molar-refractivity contribution in [2.75, 3.05) is 0 Å². The SMILES string of the molecule is [c]1cccc2ccc3cc4ccccc4nc3c12. The molecule has 0 fully saturated rings. The highest BCUT2D eigenvalue weighted by Gasteiger charge is 2.03. The zero-order chi connectivity index (χ0) is 11.9. The Hall–Kier alpha value is -2.41. The Balaban J connectivity index is 2.27. The van der Waals surface area contributed by atoms with Crippen molar-refractivity contribution in [3.63, 3.8) is 0 Å². The maximum atomic E-state index is 4.77. The number of rotatable bonds is 0. The highest BCUT2D eigenvalue weighted by atomic mass is 14.7. The van der Waals surface area contributed by atoms with E-state index in [1.54, 1.807) is 0 Å². The van der Waals surface area contributed by atoms with Crippen molar-refractivity contribution in [2.45, 2.75) is 0 Å². The summed E-state index contributed by atoms with van der Waals surface area (Å²) in [5.74, 6) is 0. The van der Waals surface area contributed by atoms with Crippen LogP contribution >= 0.6 is 0 Å². The zero-order valence-electron chi connectivity index (χ0n) is 9.72. The molecular weight excluding hydrogens is 218 g/mol. The van der Waals surface area contributed by atoms with Gasteiger partial charge in [0.15, 0.2) is 0 Å². The smallest absolute Gasteiger partial charge is 0.0794 e. The number of para-hydroxylation sites is 1. The van der Waals surface area contributed by atoms with Crippen molar-refractivity contribution in [3.05, 3.63) is 66.7 Å². The van der Waals surface area contributed by atoms with E-state index in [2.05, 4.69) is 42.5 Å². The van der Waals surface area contributed by atoms with Gasteiger partial charge in [0.2, 0.25) is 0 Å². The number of fused-ring (bicyclic) bond motifs is 4. The molecule has 1 radical (unpaired) electrons. The fraction of sp³-hybridized carbons (Fsp3) is 0. The van der Waals surface area contributed by atoms with Crippen molar-refractivity contribution in [2.24, 2.45) is 0 Å². The molecule has 0 bridgehead atoms. The molecule has 4 rings (SSSR count). The molecule has 4 aromatic rings. The van der Waals surface area contributed by atoms with E-state index in [0.29, 0.717) is 0 Å². The molecule has 1 nitrogen and oxygen atoms in total.